The van der Waals surface area contributed by atoms with Gasteiger partial charge in [-0.2, -0.15) is 0 Å². The molecule has 0 atom stereocenters. The molecule has 0 spiro atoms. The first-order valence-electron chi connectivity index (χ1n) is 8.18. The molecule has 0 aliphatic rings. The zero-order chi connectivity index (χ0) is 19.6. The van der Waals surface area contributed by atoms with Gasteiger partial charge in [0.2, 0.25) is 0 Å². The number of hydrogen-bond donors (Lipinski definition) is 2. The highest BCUT2D eigenvalue weighted by molar-refractivity contribution is 7.93. The number of sulfonamides is 1. The minimum atomic E-state index is -3.75. The van der Waals surface area contributed by atoms with E-state index in [-0.39, 0.29) is 21.6 Å². The van der Waals surface area contributed by atoms with Gasteiger partial charge in [-0.15, -0.1) is 11.3 Å². The smallest absolute Gasteiger partial charge is 0.275 e. The van der Waals surface area contributed by atoms with Crippen LogP contribution in [-0.2, 0) is 10.0 Å². The number of aryl methyl sites for hydroxylation is 3. The van der Waals surface area contributed by atoms with E-state index in [1.54, 1.807) is 12.1 Å². The molecule has 0 bridgehead atoms. The Hall–Kier alpha value is -2.71. The molecule has 0 saturated heterocycles. The molecular formula is C19H19N3O3S2. The highest BCUT2D eigenvalue weighted by Crippen LogP contribution is 2.22. The van der Waals surface area contributed by atoms with Crippen molar-refractivity contribution in [3.05, 3.63) is 70.2 Å². The zero-order valence-corrected chi connectivity index (χ0v) is 16.7. The molecule has 0 fully saturated rings. The highest BCUT2D eigenvalue weighted by Gasteiger charge is 2.18. The summed E-state index contributed by atoms with van der Waals surface area (Å²) >= 11 is 1.06. The third-order valence-corrected chi connectivity index (χ3v) is 6.16. The molecule has 2 aromatic carbocycles. The SMILES string of the molecule is Cc1ccc(S(=O)(=O)Nc2nc(C(=O)Nc3ccc(C)cc3C)cs2)cc1. The summed E-state index contributed by atoms with van der Waals surface area (Å²) in [6.45, 7) is 5.77. The summed E-state index contributed by atoms with van der Waals surface area (Å²) in [6.07, 6.45) is 0. The fraction of sp³-hybridized carbons (Fsp3) is 0.158. The molecule has 1 amide bonds. The van der Waals surface area contributed by atoms with Crippen molar-refractivity contribution in [3.63, 3.8) is 0 Å². The van der Waals surface area contributed by atoms with Crippen molar-refractivity contribution in [3.8, 4) is 0 Å². The summed E-state index contributed by atoms with van der Waals surface area (Å²) in [6, 6.07) is 12.2. The molecule has 6 nitrogen and oxygen atoms in total. The van der Waals surface area contributed by atoms with E-state index in [2.05, 4.69) is 15.0 Å². The molecule has 3 rings (SSSR count). The average Bonchev–Trinajstić information content (AvgIpc) is 3.05. The molecule has 3 aromatic rings. The second-order valence-corrected chi connectivity index (χ2v) is 8.77. The number of carbonyl (C=O) groups is 1. The highest BCUT2D eigenvalue weighted by atomic mass is 32.2. The number of aromatic nitrogens is 1. The van der Waals surface area contributed by atoms with Crippen LogP contribution in [0.15, 0.2) is 52.7 Å². The quantitative estimate of drug-likeness (QED) is 0.673. The molecule has 27 heavy (non-hydrogen) atoms. The lowest BCUT2D eigenvalue weighted by Crippen LogP contribution is -2.15. The van der Waals surface area contributed by atoms with Gasteiger partial charge < -0.3 is 5.32 Å². The number of hydrogen-bond acceptors (Lipinski definition) is 5. The van der Waals surface area contributed by atoms with E-state index >= 15 is 0 Å². The number of nitrogens with zero attached hydrogens (tertiary/aromatic N) is 1. The Bertz CT molecular complexity index is 1090. The predicted molar refractivity (Wildman–Crippen MR) is 108 cm³/mol. The van der Waals surface area contributed by atoms with Crippen LogP contribution in [0.3, 0.4) is 0 Å². The van der Waals surface area contributed by atoms with Crippen molar-refractivity contribution < 1.29 is 13.2 Å². The monoisotopic (exact) mass is 401 g/mol. The van der Waals surface area contributed by atoms with Gasteiger partial charge in [-0.05, 0) is 44.5 Å². The van der Waals surface area contributed by atoms with E-state index in [1.165, 1.54) is 17.5 Å². The van der Waals surface area contributed by atoms with Crippen LogP contribution < -0.4 is 10.0 Å². The van der Waals surface area contributed by atoms with E-state index in [9.17, 15) is 13.2 Å². The number of anilines is 2. The molecule has 0 aliphatic carbocycles. The first-order valence-corrected chi connectivity index (χ1v) is 10.5. The van der Waals surface area contributed by atoms with Crippen LogP contribution in [0.5, 0.6) is 0 Å². The number of carbonyl (C=O) groups excluding carboxylic acids is 1. The van der Waals surface area contributed by atoms with Gasteiger partial charge in [-0.25, -0.2) is 13.4 Å². The lowest BCUT2D eigenvalue weighted by Gasteiger charge is -2.08. The van der Waals surface area contributed by atoms with Crippen LogP contribution in [0.1, 0.15) is 27.2 Å². The third kappa shape index (κ3) is 4.53. The molecule has 0 aliphatic heterocycles. The number of thiazole rings is 1. The lowest BCUT2D eigenvalue weighted by molar-refractivity contribution is 0.102. The first-order chi connectivity index (χ1) is 12.7. The molecular weight excluding hydrogens is 382 g/mol. The Labute approximate surface area is 162 Å². The van der Waals surface area contributed by atoms with Crippen LogP contribution in [0.25, 0.3) is 0 Å². The van der Waals surface area contributed by atoms with Gasteiger partial charge in [0.1, 0.15) is 5.69 Å². The van der Waals surface area contributed by atoms with Crippen molar-refractivity contribution in [1.82, 2.24) is 4.98 Å². The van der Waals surface area contributed by atoms with E-state index in [0.717, 1.165) is 28.0 Å². The Morgan fingerprint density at radius 2 is 1.67 bits per heavy atom. The second-order valence-electron chi connectivity index (χ2n) is 6.23. The molecule has 0 unspecified atom stereocenters. The standard InChI is InChI=1S/C19H19N3O3S2/c1-12-4-7-15(8-5-12)27(24,25)22-19-21-17(11-26-19)18(23)20-16-9-6-13(2)10-14(16)3/h4-11H,1-3H3,(H,20,23)(H,21,22). The number of rotatable bonds is 5. The second kappa shape index (κ2) is 7.50. The average molecular weight is 402 g/mol. The number of amides is 1. The Balaban J connectivity index is 1.74. The molecule has 140 valence electrons. The zero-order valence-electron chi connectivity index (χ0n) is 15.1. The van der Waals surface area contributed by atoms with Gasteiger partial charge in [0.05, 0.1) is 4.90 Å². The molecule has 0 saturated carbocycles. The maximum absolute atomic E-state index is 12.4. The summed E-state index contributed by atoms with van der Waals surface area (Å²) in [4.78, 5) is 16.6. The van der Waals surface area contributed by atoms with Crippen molar-refractivity contribution >= 4 is 38.1 Å². The van der Waals surface area contributed by atoms with Crippen molar-refractivity contribution in [1.29, 1.82) is 0 Å². The summed E-state index contributed by atoms with van der Waals surface area (Å²) in [5, 5.41) is 4.46. The van der Waals surface area contributed by atoms with E-state index in [0.29, 0.717) is 5.69 Å². The number of benzene rings is 2. The van der Waals surface area contributed by atoms with Gasteiger partial charge in [-0.3, -0.25) is 9.52 Å². The van der Waals surface area contributed by atoms with Gasteiger partial charge in [0, 0.05) is 11.1 Å². The van der Waals surface area contributed by atoms with Crippen LogP contribution in [-0.4, -0.2) is 19.3 Å². The molecule has 8 heteroatoms. The maximum Gasteiger partial charge on any atom is 0.275 e. The normalized spacial score (nSPS) is 11.2. The molecule has 1 aromatic heterocycles. The van der Waals surface area contributed by atoms with Gasteiger partial charge in [0.25, 0.3) is 15.9 Å². The lowest BCUT2D eigenvalue weighted by atomic mass is 10.1. The Morgan fingerprint density at radius 3 is 2.33 bits per heavy atom. The Morgan fingerprint density at radius 1 is 1.00 bits per heavy atom. The molecule has 2 N–H and O–H groups in total. The van der Waals surface area contributed by atoms with Gasteiger partial charge >= 0.3 is 0 Å². The van der Waals surface area contributed by atoms with E-state index < -0.39 is 10.0 Å². The molecule has 0 radical (unpaired) electrons. The van der Waals surface area contributed by atoms with Crippen LogP contribution in [0, 0.1) is 20.8 Å². The van der Waals surface area contributed by atoms with Crippen LogP contribution >= 0.6 is 11.3 Å². The fourth-order valence-electron chi connectivity index (χ4n) is 2.46. The van der Waals surface area contributed by atoms with E-state index in [1.807, 2.05) is 39.0 Å². The minimum Gasteiger partial charge on any atom is -0.320 e. The van der Waals surface area contributed by atoms with Gasteiger partial charge in [0.15, 0.2) is 5.13 Å². The fourth-order valence-corrected chi connectivity index (χ4v) is 4.40. The largest absolute Gasteiger partial charge is 0.320 e. The topological polar surface area (TPSA) is 88.2 Å². The van der Waals surface area contributed by atoms with Gasteiger partial charge in [-0.1, -0.05) is 35.4 Å². The van der Waals surface area contributed by atoms with E-state index in [4.69, 9.17) is 0 Å². The van der Waals surface area contributed by atoms with Crippen LogP contribution in [0.4, 0.5) is 10.8 Å². The summed E-state index contributed by atoms with van der Waals surface area (Å²) < 4.78 is 27.2. The predicted octanol–water partition coefficient (Wildman–Crippen LogP) is 4.12. The maximum atomic E-state index is 12.4. The van der Waals surface area contributed by atoms with Crippen molar-refractivity contribution in [2.24, 2.45) is 0 Å². The van der Waals surface area contributed by atoms with Crippen molar-refractivity contribution in [2.45, 2.75) is 25.7 Å². The third-order valence-electron chi connectivity index (χ3n) is 3.92. The minimum absolute atomic E-state index is 0.140. The first kappa shape index (κ1) is 19.1. The summed E-state index contributed by atoms with van der Waals surface area (Å²) in [5.41, 5.74) is 3.86. The summed E-state index contributed by atoms with van der Waals surface area (Å²) in [5.74, 6) is -0.390. The van der Waals surface area contributed by atoms with Crippen molar-refractivity contribution in [2.75, 3.05) is 10.0 Å². The van der Waals surface area contributed by atoms with Crippen LogP contribution in [0.2, 0.25) is 0 Å². The number of nitrogens with one attached hydrogen (secondary N) is 2. The Kier molecular flexibility index (Phi) is 5.29. The summed E-state index contributed by atoms with van der Waals surface area (Å²) in [7, 11) is -3.75. The molecule has 1 heterocycles.